The number of rotatable bonds is 34. The standard InChI is InChI=1S/C30H38ClN5O5S.C29H36N6O5S.C15H16ClN3O3.C15H24N2O3S.C10H20O.C5H5ClN2O2S/c1-29(2)12-10-21(19-29)5-4-17-40-22-6-9-26(32-20-22)42(38,39)35-28(37)23-7-8-24(33-27(23)31)36-16-11-25(34-36)41-18-15-30(3)13-14-30;1-28(2)17-20-5-4-15-39-24-9-6-21(18-30-24)41(37,38)33-27(36)22-7-8-23(31-26(22)34(28)19-20)35-14-10-25(32-35)40-16-13-29(3)11-12-29;1-15(5-6-15)7-9-22-12-4-8-19(18-12)11-3-2-10(14(20)21)13(16)17-11;1-15(2)8-7-12(10-15)4-3-9-20-14-6-5-13(11-17-14)21(16,18)19;1-10(2)6-5-9(8-10)4-3-7-11;6-5-2-1-4(3-8-5)11(7,9)10/h6-9,11,16,20-21H,4-5,10,12-15,17-19H2,1-3H3,(H,35,37);6-10,14,18,20H,4-5,11-13,15-17,19H2,1-3H3,(H,33,36);2-4,8H,5-7,9H2,1H3,(H,20,21);5-6,11-12H,3-4,7-10H2,1-2H3,(H2,16,18,19);9,11H,3-8H2,1-2H3;1-3H,(H2,7,9,10). The normalized spacial score (nSPS) is 20.0. The van der Waals surface area contributed by atoms with Crippen LogP contribution in [0.5, 0.6) is 35.1 Å². The molecule has 10 aromatic heterocycles. The summed E-state index contributed by atoms with van der Waals surface area (Å²) in [6.07, 6.45) is 41.4. The van der Waals surface area contributed by atoms with E-state index in [0.717, 1.165) is 88.2 Å². The number of aliphatic hydroxyl groups is 1. The molecule has 4 atom stereocenters. The quantitative estimate of drug-likeness (QED) is 0.0161. The third-order valence-electron chi connectivity index (χ3n) is 28.6. The molecule has 8 N–H and O–H groups in total. The minimum Gasteiger partial charge on any atom is -0.492 e. The second-order valence-electron chi connectivity index (χ2n) is 43.8. The number of ether oxygens (including phenoxy) is 6. The number of nitrogens with two attached hydrogens (primary N) is 2. The lowest BCUT2D eigenvalue weighted by Crippen LogP contribution is -2.41. The van der Waals surface area contributed by atoms with Crippen molar-refractivity contribution < 1.29 is 86.7 Å². The number of sulfonamides is 4. The minimum atomic E-state index is -4.25. The van der Waals surface area contributed by atoms with Gasteiger partial charge in [-0.2, -0.15) is 8.42 Å². The number of pyridine rings is 7. The molecule has 44 heteroatoms. The van der Waals surface area contributed by atoms with Gasteiger partial charge in [-0.15, -0.1) is 15.3 Å². The number of hydrogen-bond donors (Lipinski definition) is 6. The van der Waals surface area contributed by atoms with Crippen molar-refractivity contribution >= 4 is 98.5 Å². The molecule has 19 rings (SSSR count). The summed E-state index contributed by atoms with van der Waals surface area (Å²) in [6, 6.07) is 25.7. The average Bonchev–Trinajstić information content (AvgIpc) is 1.58. The van der Waals surface area contributed by atoms with Gasteiger partial charge in [0.1, 0.15) is 41.7 Å². The molecule has 9 aliphatic rings. The number of carbonyl (C=O) groups excluding carboxylic acids is 2. The number of amides is 2. The van der Waals surface area contributed by atoms with Crippen LogP contribution in [-0.4, -0.2) is 184 Å². The first-order chi connectivity index (χ1) is 69.8. The van der Waals surface area contributed by atoms with Crippen molar-refractivity contribution in [3.8, 4) is 52.6 Å². The van der Waals surface area contributed by atoms with Crippen molar-refractivity contribution in [3.63, 3.8) is 0 Å². The Morgan fingerprint density at radius 1 is 0.507 bits per heavy atom. The molecular weight excluding hydrogens is 2040 g/mol. The zero-order valence-corrected chi connectivity index (χ0v) is 91.5. The second kappa shape index (κ2) is 49.1. The number of carbonyl (C=O) groups is 3. The first-order valence-electron chi connectivity index (χ1n) is 50.4. The Hall–Kier alpha value is -10.8. The van der Waals surface area contributed by atoms with Crippen LogP contribution in [0.4, 0.5) is 5.82 Å². The number of primary sulfonamides is 2. The Balaban J connectivity index is 0.000000159. The number of halogens is 3. The maximum Gasteiger partial charge on any atom is 0.338 e. The van der Waals surface area contributed by atoms with Crippen LogP contribution in [0.1, 0.15) is 281 Å². The number of carboxylic acids is 1. The molecule has 804 valence electrons. The van der Waals surface area contributed by atoms with Gasteiger partial charge in [-0.05, 0) is 316 Å². The summed E-state index contributed by atoms with van der Waals surface area (Å²) in [5.74, 6) is 4.47. The molecule has 10 aromatic rings. The Bertz CT molecular complexity index is 6670. The van der Waals surface area contributed by atoms with E-state index in [1.807, 2.05) is 4.72 Å². The molecule has 4 bridgehead atoms. The van der Waals surface area contributed by atoms with Gasteiger partial charge in [0.05, 0.1) is 74.9 Å². The molecule has 0 radical (unpaired) electrons. The summed E-state index contributed by atoms with van der Waals surface area (Å²) in [5.41, 5.74) is 2.47. The van der Waals surface area contributed by atoms with E-state index in [-0.39, 0.29) is 57.4 Å². The lowest BCUT2D eigenvalue weighted by Gasteiger charge is -2.34. The maximum atomic E-state index is 13.5. The van der Waals surface area contributed by atoms with Crippen molar-refractivity contribution in [3.05, 3.63) is 179 Å². The average molecular weight is 2180 g/mol. The Morgan fingerprint density at radius 3 is 1.41 bits per heavy atom. The summed E-state index contributed by atoms with van der Waals surface area (Å²) in [4.78, 5) is 67.9. The molecule has 3 aliphatic heterocycles. The number of nitrogens with one attached hydrogen (secondary N) is 2. The van der Waals surface area contributed by atoms with E-state index in [1.54, 1.807) is 65.7 Å². The van der Waals surface area contributed by atoms with E-state index in [1.165, 1.54) is 198 Å². The van der Waals surface area contributed by atoms with E-state index in [4.69, 9.17) is 88.7 Å². The largest absolute Gasteiger partial charge is 0.492 e. The van der Waals surface area contributed by atoms with Crippen LogP contribution >= 0.6 is 34.8 Å². The van der Waals surface area contributed by atoms with Crippen LogP contribution in [0, 0.1) is 56.2 Å². The van der Waals surface area contributed by atoms with Gasteiger partial charge in [0.25, 0.3) is 31.9 Å². The van der Waals surface area contributed by atoms with Crippen molar-refractivity contribution in [2.24, 2.45) is 66.4 Å². The molecule has 1 saturated heterocycles. The van der Waals surface area contributed by atoms with Crippen LogP contribution in [0.3, 0.4) is 0 Å². The Labute approximate surface area is 882 Å². The van der Waals surface area contributed by atoms with Crippen LogP contribution in [0.25, 0.3) is 17.5 Å². The van der Waals surface area contributed by atoms with E-state index >= 15 is 0 Å². The zero-order chi connectivity index (χ0) is 107. The van der Waals surface area contributed by atoms with E-state index in [2.05, 4.69) is 131 Å². The summed E-state index contributed by atoms with van der Waals surface area (Å²) >= 11 is 17.5. The molecule has 13 heterocycles. The van der Waals surface area contributed by atoms with Gasteiger partial charge in [-0.3, -0.25) is 9.59 Å². The van der Waals surface area contributed by atoms with Crippen LogP contribution in [0.15, 0.2) is 166 Å². The van der Waals surface area contributed by atoms with Gasteiger partial charge in [0.15, 0.2) is 22.5 Å². The molecule has 148 heavy (non-hydrogen) atoms. The summed E-state index contributed by atoms with van der Waals surface area (Å²) in [6.45, 7) is 29.5. The molecule has 2 amide bonds. The number of carboxylic acid groups (broad SMARTS) is 1. The molecular formula is C104H139Cl3N18O19S4. The van der Waals surface area contributed by atoms with Crippen LogP contribution < -0.4 is 53.0 Å². The van der Waals surface area contributed by atoms with Crippen molar-refractivity contribution in [1.82, 2.24) is 73.7 Å². The number of fused-ring (bicyclic) bond motifs is 7. The maximum absolute atomic E-state index is 13.5. The predicted octanol–water partition coefficient (Wildman–Crippen LogP) is 19.0. The fourth-order valence-corrected chi connectivity index (χ4v) is 22.1. The first-order valence-corrected chi connectivity index (χ1v) is 57.6. The SMILES string of the molecule is CC1(C)CCC(CCCO)C1.CC1(C)CCC(CCCOc2ccc(S(=O)(=O)NC(=O)c3ccc(-n4ccc(OCCC5(C)CC5)n4)nc3Cl)nc2)C1.CC1(C)CCC(CCCOc2ccc(S(N)(=O)=O)cn2)C1.CC1(CCOc2ccn(-c3ccc(C(=O)O)c(Cl)n3)n2)CC1.CC1(CCOc2ccn(-c3ccc4c(n3)N3CC(CCCOc5ccc(cn5)S(=O)(=O)NC4=O)CC3(C)C)n2)CC1.NS(=O)(=O)c1ccc(Cl)nc1. The second-order valence-corrected chi connectivity index (χ2v) is 51.3. The highest BCUT2D eigenvalue weighted by Crippen LogP contribution is 2.51. The molecule has 37 nitrogen and oxygen atoms in total. The number of aromatic nitrogens is 13. The minimum absolute atomic E-state index is 0.00281. The van der Waals surface area contributed by atoms with Gasteiger partial charge in [-0.1, -0.05) is 97.1 Å². The fraction of sp³-hybridized carbons (Fsp3) is 0.548. The predicted molar refractivity (Wildman–Crippen MR) is 561 cm³/mol. The van der Waals surface area contributed by atoms with Gasteiger partial charge in [0, 0.05) is 73.8 Å². The summed E-state index contributed by atoms with van der Waals surface area (Å²) < 4.78 is 138. The monoisotopic (exact) mass is 2180 g/mol. The van der Waals surface area contributed by atoms with Crippen LogP contribution in [0.2, 0.25) is 15.5 Å². The van der Waals surface area contributed by atoms with Gasteiger partial charge in [-0.25, -0.2) is 98.7 Å². The fourth-order valence-electron chi connectivity index (χ4n) is 18.8. The van der Waals surface area contributed by atoms with Gasteiger partial charge in [0.2, 0.25) is 49.4 Å². The smallest absolute Gasteiger partial charge is 0.338 e. The zero-order valence-electron chi connectivity index (χ0n) is 85.9. The molecule has 4 unspecified atom stereocenters. The molecule has 7 fully saturated rings. The third kappa shape index (κ3) is 34.4. The number of hydrogen-bond acceptors (Lipinski definition) is 29. The lowest BCUT2D eigenvalue weighted by molar-refractivity contribution is 0.0695. The van der Waals surface area contributed by atoms with Crippen molar-refractivity contribution in [1.29, 1.82) is 0 Å². The Kier molecular flexibility index (Phi) is 38.0. The van der Waals surface area contributed by atoms with Crippen LogP contribution in [-0.2, 0) is 40.1 Å². The highest BCUT2D eigenvalue weighted by atomic mass is 35.5. The number of nitrogens with zero attached hydrogens (tertiary/aromatic N) is 14. The van der Waals surface area contributed by atoms with Gasteiger partial charge < -0.3 is 43.5 Å². The first kappa shape index (κ1) is 114. The summed E-state index contributed by atoms with van der Waals surface area (Å²) in [5, 5.41) is 40.3. The number of aliphatic hydroxyl groups excluding tert-OH is 1. The highest BCUT2D eigenvalue weighted by Gasteiger charge is 2.43. The van der Waals surface area contributed by atoms with Gasteiger partial charge >= 0.3 is 5.97 Å². The molecule has 6 saturated carbocycles. The number of aromatic carboxylic acids is 1. The molecule has 0 spiro atoms. The Morgan fingerprint density at radius 2 is 0.980 bits per heavy atom. The van der Waals surface area contributed by atoms with Crippen molar-refractivity contribution in [2.45, 2.75) is 275 Å². The van der Waals surface area contributed by atoms with E-state index in [9.17, 15) is 48.1 Å². The number of anilines is 1. The topological polar surface area (TPSA) is 507 Å². The molecule has 6 aliphatic carbocycles. The van der Waals surface area contributed by atoms with Crippen molar-refractivity contribution in [2.75, 3.05) is 57.7 Å². The lowest BCUT2D eigenvalue weighted by atomic mass is 9.89. The van der Waals surface area contributed by atoms with E-state index < -0.39 is 57.9 Å². The summed E-state index contributed by atoms with van der Waals surface area (Å²) in [7, 11) is -15.8. The third-order valence-corrected chi connectivity index (χ3v) is 33.7. The highest BCUT2D eigenvalue weighted by molar-refractivity contribution is 7.90. The molecule has 0 aromatic carbocycles. The van der Waals surface area contributed by atoms with E-state index in [0.29, 0.717) is 150 Å².